The number of primary amides is 1. The molecule has 0 bridgehead atoms. The molecule has 0 saturated heterocycles. The maximum atomic E-state index is 12.8. The van der Waals surface area contributed by atoms with Gasteiger partial charge in [0.05, 0.1) is 23.1 Å². The summed E-state index contributed by atoms with van der Waals surface area (Å²) in [4.78, 5) is 23.9. The van der Waals surface area contributed by atoms with Crippen LogP contribution in [0.1, 0.15) is 46.2 Å². The van der Waals surface area contributed by atoms with Gasteiger partial charge in [-0.05, 0) is 54.4 Å². The second-order valence-electron chi connectivity index (χ2n) is 6.38. The lowest BCUT2D eigenvalue weighted by Crippen LogP contribution is -2.16. The van der Waals surface area contributed by atoms with E-state index in [9.17, 15) is 9.59 Å². The molecule has 3 N–H and O–H groups in total. The molecule has 0 aliphatic heterocycles. The Kier molecular flexibility index (Phi) is 5.28. The summed E-state index contributed by atoms with van der Waals surface area (Å²) in [6.07, 6.45) is 1.55. The molecule has 1 aromatic heterocycles. The first kappa shape index (κ1) is 18.7. The molecule has 0 aliphatic rings. The van der Waals surface area contributed by atoms with Gasteiger partial charge in [0.15, 0.2) is 0 Å². The van der Waals surface area contributed by atoms with Crippen LogP contribution in [0.25, 0.3) is 5.69 Å². The zero-order valence-corrected chi connectivity index (χ0v) is 15.7. The normalized spacial score (nSPS) is 10.8. The number of rotatable bonds is 5. The molecule has 1 heterocycles. The number of halogens is 1. The number of anilines is 1. The topological polar surface area (TPSA) is 90.0 Å². The van der Waals surface area contributed by atoms with Crippen molar-refractivity contribution in [2.45, 2.75) is 19.8 Å². The third kappa shape index (κ3) is 4.01. The lowest BCUT2D eigenvalue weighted by molar-refractivity contribution is 0.0998. The first-order valence-corrected chi connectivity index (χ1v) is 8.79. The number of carbonyl (C=O) groups is 2. The van der Waals surface area contributed by atoms with Gasteiger partial charge in [-0.25, -0.2) is 4.68 Å². The molecular weight excluding hydrogens is 364 g/mol. The van der Waals surface area contributed by atoms with Crippen molar-refractivity contribution in [3.8, 4) is 5.69 Å². The molecule has 0 saturated carbocycles. The minimum absolute atomic E-state index is 0.0705. The Morgan fingerprint density at radius 1 is 1.07 bits per heavy atom. The Balaban J connectivity index is 1.90. The number of hydrogen-bond donors (Lipinski definition) is 2. The molecular formula is C20H19ClN4O2. The first-order chi connectivity index (χ1) is 12.9. The molecule has 0 unspecified atom stereocenters. The molecule has 27 heavy (non-hydrogen) atoms. The van der Waals surface area contributed by atoms with Crippen LogP contribution < -0.4 is 11.1 Å². The molecule has 3 aromatic rings. The van der Waals surface area contributed by atoms with Crippen LogP contribution in [0.2, 0.25) is 5.02 Å². The van der Waals surface area contributed by atoms with E-state index in [0.717, 1.165) is 11.4 Å². The summed E-state index contributed by atoms with van der Waals surface area (Å²) in [7, 11) is 0. The molecule has 138 valence electrons. The van der Waals surface area contributed by atoms with E-state index in [2.05, 4.69) is 10.4 Å². The van der Waals surface area contributed by atoms with Gasteiger partial charge in [0.2, 0.25) is 5.91 Å². The fourth-order valence-corrected chi connectivity index (χ4v) is 2.92. The molecule has 7 heteroatoms. The summed E-state index contributed by atoms with van der Waals surface area (Å²) in [6.45, 7) is 4.00. The predicted octanol–water partition coefficient (Wildman–Crippen LogP) is 4.00. The SMILES string of the molecule is CC(C)c1c(C(=O)Nc2ccc(C(N)=O)cc2)cnn1-c1ccc(Cl)cc1. The van der Waals surface area contributed by atoms with Crippen molar-refractivity contribution >= 4 is 29.1 Å². The van der Waals surface area contributed by atoms with E-state index >= 15 is 0 Å². The summed E-state index contributed by atoms with van der Waals surface area (Å²) in [6, 6.07) is 13.7. The van der Waals surface area contributed by atoms with Crippen LogP contribution in [0.15, 0.2) is 54.7 Å². The number of benzene rings is 2. The highest BCUT2D eigenvalue weighted by atomic mass is 35.5. The number of nitrogens with two attached hydrogens (primary N) is 1. The summed E-state index contributed by atoms with van der Waals surface area (Å²) < 4.78 is 1.74. The molecule has 2 aromatic carbocycles. The fourth-order valence-electron chi connectivity index (χ4n) is 2.79. The van der Waals surface area contributed by atoms with Crippen LogP contribution in [0.3, 0.4) is 0 Å². The van der Waals surface area contributed by atoms with Gasteiger partial charge in [0.1, 0.15) is 0 Å². The largest absolute Gasteiger partial charge is 0.366 e. The van der Waals surface area contributed by atoms with Gasteiger partial charge in [0, 0.05) is 16.3 Å². The third-order valence-electron chi connectivity index (χ3n) is 4.10. The van der Waals surface area contributed by atoms with E-state index in [4.69, 9.17) is 17.3 Å². The number of hydrogen-bond acceptors (Lipinski definition) is 3. The van der Waals surface area contributed by atoms with E-state index in [-0.39, 0.29) is 11.8 Å². The Morgan fingerprint density at radius 3 is 2.26 bits per heavy atom. The Hall–Kier alpha value is -3.12. The average molecular weight is 383 g/mol. The molecule has 6 nitrogen and oxygen atoms in total. The van der Waals surface area contributed by atoms with Crippen LogP contribution >= 0.6 is 11.6 Å². The maximum absolute atomic E-state index is 12.8. The van der Waals surface area contributed by atoms with Crippen molar-refractivity contribution < 1.29 is 9.59 Å². The minimum Gasteiger partial charge on any atom is -0.366 e. The minimum atomic E-state index is -0.515. The van der Waals surface area contributed by atoms with Gasteiger partial charge in [-0.2, -0.15) is 5.10 Å². The molecule has 0 spiro atoms. The zero-order chi connectivity index (χ0) is 19.6. The maximum Gasteiger partial charge on any atom is 0.259 e. The highest BCUT2D eigenvalue weighted by Crippen LogP contribution is 2.25. The van der Waals surface area contributed by atoms with E-state index in [0.29, 0.717) is 21.8 Å². The molecule has 0 fully saturated rings. The summed E-state index contributed by atoms with van der Waals surface area (Å²) in [5.74, 6) is -0.717. The monoisotopic (exact) mass is 382 g/mol. The van der Waals surface area contributed by atoms with Crippen molar-refractivity contribution in [3.05, 3.63) is 76.6 Å². The van der Waals surface area contributed by atoms with E-state index < -0.39 is 5.91 Å². The van der Waals surface area contributed by atoms with Gasteiger partial charge >= 0.3 is 0 Å². The Labute approximate surface area is 161 Å². The van der Waals surface area contributed by atoms with Crippen molar-refractivity contribution in [1.82, 2.24) is 9.78 Å². The number of carbonyl (C=O) groups excluding carboxylic acids is 2. The van der Waals surface area contributed by atoms with Crippen molar-refractivity contribution in [1.29, 1.82) is 0 Å². The smallest absolute Gasteiger partial charge is 0.259 e. The van der Waals surface area contributed by atoms with E-state index in [1.165, 1.54) is 0 Å². The zero-order valence-electron chi connectivity index (χ0n) is 14.9. The molecule has 3 rings (SSSR count). The number of nitrogens with one attached hydrogen (secondary N) is 1. The van der Waals surface area contributed by atoms with Crippen LogP contribution in [0.4, 0.5) is 5.69 Å². The summed E-state index contributed by atoms with van der Waals surface area (Å²) in [5.41, 5.74) is 8.29. The second-order valence-corrected chi connectivity index (χ2v) is 6.82. The van der Waals surface area contributed by atoms with Gasteiger partial charge < -0.3 is 11.1 Å². The van der Waals surface area contributed by atoms with Crippen LogP contribution in [0, 0.1) is 0 Å². The predicted molar refractivity (Wildman–Crippen MR) is 106 cm³/mol. The first-order valence-electron chi connectivity index (χ1n) is 8.42. The lowest BCUT2D eigenvalue weighted by atomic mass is 10.0. The molecule has 0 radical (unpaired) electrons. The average Bonchev–Trinajstić information content (AvgIpc) is 3.08. The van der Waals surface area contributed by atoms with Gasteiger partial charge in [0.25, 0.3) is 5.91 Å². The quantitative estimate of drug-likeness (QED) is 0.698. The molecule has 0 atom stereocenters. The Morgan fingerprint density at radius 2 is 1.70 bits per heavy atom. The van der Waals surface area contributed by atoms with Gasteiger partial charge in [-0.3, -0.25) is 9.59 Å². The van der Waals surface area contributed by atoms with Crippen molar-refractivity contribution in [2.24, 2.45) is 5.73 Å². The Bertz CT molecular complexity index is 976. The molecule has 2 amide bonds. The third-order valence-corrected chi connectivity index (χ3v) is 4.35. The second kappa shape index (κ2) is 7.63. The number of nitrogens with zero attached hydrogens (tertiary/aromatic N) is 2. The van der Waals surface area contributed by atoms with E-state index in [1.807, 2.05) is 26.0 Å². The summed E-state index contributed by atoms with van der Waals surface area (Å²) in [5, 5.41) is 7.85. The highest BCUT2D eigenvalue weighted by molar-refractivity contribution is 6.30. The van der Waals surface area contributed by atoms with Gasteiger partial charge in [-0.15, -0.1) is 0 Å². The van der Waals surface area contributed by atoms with E-state index in [1.54, 1.807) is 47.3 Å². The van der Waals surface area contributed by atoms with Gasteiger partial charge in [-0.1, -0.05) is 25.4 Å². The highest BCUT2D eigenvalue weighted by Gasteiger charge is 2.21. The van der Waals surface area contributed by atoms with Crippen molar-refractivity contribution in [3.63, 3.8) is 0 Å². The lowest BCUT2D eigenvalue weighted by Gasteiger charge is -2.13. The van der Waals surface area contributed by atoms with Crippen LogP contribution in [-0.4, -0.2) is 21.6 Å². The standard InChI is InChI=1S/C20H19ClN4O2/c1-12(2)18-17(11-23-25(18)16-9-5-14(21)6-10-16)20(27)24-15-7-3-13(4-8-15)19(22)26/h3-12H,1-2H3,(H2,22,26)(H,24,27). The summed E-state index contributed by atoms with van der Waals surface area (Å²) >= 11 is 5.96. The van der Waals surface area contributed by atoms with Crippen LogP contribution in [0.5, 0.6) is 0 Å². The van der Waals surface area contributed by atoms with Crippen LogP contribution in [-0.2, 0) is 0 Å². The number of aromatic nitrogens is 2. The fraction of sp³-hybridized carbons (Fsp3) is 0.150. The number of amides is 2. The molecule has 0 aliphatic carbocycles. The van der Waals surface area contributed by atoms with Crippen molar-refractivity contribution in [2.75, 3.05) is 5.32 Å².